The van der Waals surface area contributed by atoms with Crippen molar-refractivity contribution < 1.29 is 80.2 Å². The van der Waals surface area contributed by atoms with Crippen LogP contribution in [0.25, 0.3) is 0 Å². The van der Waals surface area contributed by atoms with Gasteiger partial charge >= 0.3 is 39.5 Å². The maximum absolute atomic E-state index is 13.0. The first-order valence-electron chi connectivity index (χ1n) is 37.0. The Morgan fingerprint density at radius 1 is 0.300 bits per heavy atom. The molecular formula is C71H138O17P2. The molecule has 5 atom stereocenters. The van der Waals surface area contributed by atoms with Crippen LogP contribution in [-0.4, -0.2) is 96.7 Å². The number of aliphatic hydroxyl groups is 1. The minimum Gasteiger partial charge on any atom is -0.462 e. The smallest absolute Gasteiger partial charge is 0.462 e. The average molecular weight is 1330 g/mol. The quantitative estimate of drug-likeness (QED) is 0.0222. The first kappa shape index (κ1) is 88.1. The third-order valence-corrected chi connectivity index (χ3v) is 18.4. The zero-order chi connectivity index (χ0) is 66.5. The molecule has 0 aromatic rings. The van der Waals surface area contributed by atoms with Crippen molar-refractivity contribution in [3.63, 3.8) is 0 Å². The molecule has 0 aliphatic carbocycles. The number of hydrogen-bond acceptors (Lipinski definition) is 15. The summed E-state index contributed by atoms with van der Waals surface area (Å²) in [6.07, 6.45) is 48.6. The van der Waals surface area contributed by atoms with Gasteiger partial charge in [-0.3, -0.25) is 37.3 Å². The van der Waals surface area contributed by atoms with Gasteiger partial charge in [0.25, 0.3) is 0 Å². The number of carbonyl (C=O) groups is 4. The van der Waals surface area contributed by atoms with Gasteiger partial charge in [0.2, 0.25) is 0 Å². The summed E-state index contributed by atoms with van der Waals surface area (Å²) in [5.41, 5.74) is 0. The van der Waals surface area contributed by atoms with Crippen LogP contribution in [0.5, 0.6) is 0 Å². The van der Waals surface area contributed by atoms with Crippen molar-refractivity contribution in [2.45, 2.75) is 381 Å². The Morgan fingerprint density at radius 3 is 0.756 bits per heavy atom. The summed E-state index contributed by atoms with van der Waals surface area (Å²) in [7, 11) is -9.90. The van der Waals surface area contributed by atoms with Crippen molar-refractivity contribution >= 4 is 39.5 Å². The van der Waals surface area contributed by atoms with Crippen molar-refractivity contribution in [3.05, 3.63) is 0 Å². The molecule has 0 bridgehead atoms. The number of hydrogen-bond donors (Lipinski definition) is 3. The lowest BCUT2D eigenvalue weighted by atomic mass is 10.0. The van der Waals surface area contributed by atoms with Crippen LogP contribution in [0, 0.1) is 11.8 Å². The molecule has 534 valence electrons. The van der Waals surface area contributed by atoms with E-state index >= 15 is 0 Å². The maximum Gasteiger partial charge on any atom is 0.472 e. The number of ether oxygens (including phenoxy) is 4. The summed E-state index contributed by atoms with van der Waals surface area (Å²) < 4.78 is 68.2. The predicted octanol–water partition coefficient (Wildman–Crippen LogP) is 20.4. The number of carbonyl (C=O) groups excluding carboxylic acids is 4. The van der Waals surface area contributed by atoms with Gasteiger partial charge in [0.05, 0.1) is 26.4 Å². The third-order valence-electron chi connectivity index (χ3n) is 16.5. The predicted molar refractivity (Wildman–Crippen MR) is 363 cm³/mol. The van der Waals surface area contributed by atoms with Gasteiger partial charge in [0.1, 0.15) is 19.3 Å². The Hall–Kier alpha value is -1.94. The molecule has 90 heavy (non-hydrogen) atoms. The Kier molecular flexibility index (Phi) is 61.8. The van der Waals surface area contributed by atoms with E-state index in [1.165, 1.54) is 173 Å². The van der Waals surface area contributed by atoms with E-state index in [0.29, 0.717) is 25.7 Å². The average Bonchev–Trinajstić information content (AvgIpc) is 3.67. The fourth-order valence-electron chi connectivity index (χ4n) is 10.8. The summed E-state index contributed by atoms with van der Waals surface area (Å²) in [6, 6.07) is 0. The second kappa shape index (κ2) is 63.1. The summed E-state index contributed by atoms with van der Waals surface area (Å²) in [5.74, 6) is -0.558. The lowest BCUT2D eigenvalue weighted by Gasteiger charge is -2.21. The van der Waals surface area contributed by atoms with Gasteiger partial charge in [-0.05, 0) is 37.5 Å². The molecule has 3 N–H and O–H groups in total. The van der Waals surface area contributed by atoms with E-state index in [2.05, 4.69) is 41.5 Å². The van der Waals surface area contributed by atoms with Crippen molar-refractivity contribution in [3.8, 4) is 0 Å². The molecule has 0 heterocycles. The Morgan fingerprint density at radius 2 is 0.511 bits per heavy atom. The second-order valence-electron chi connectivity index (χ2n) is 26.6. The largest absolute Gasteiger partial charge is 0.472 e. The van der Waals surface area contributed by atoms with Crippen LogP contribution in [0.1, 0.15) is 363 Å². The minimum absolute atomic E-state index is 0.106. The monoisotopic (exact) mass is 1320 g/mol. The van der Waals surface area contributed by atoms with Crippen molar-refractivity contribution in [1.29, 1.82) is 0 Å². The fraction of sp³-hybridized carbons (Fsp3) is 0.944. The van der Waals surface area contributed by atoms with Gasteiger partial charge in [-0.2, -0.15) is 0 Å². The number of phosphoric ester groups is 2. The van der Waals surface area contributed by atoms with Crippen LogP contribution in [0.3, 0.4) is 0 Å². The molecule has 0 saturated heterocycles. The molecule has 0 radical (unpaired) electrons. The topological polar surface area (TPSA) is 237 Å². The normalized spacial score (nSPS) is 14.1. The van der Waals surface area contributed by atoms with Crippen LogP contribution >= 0.6 is 15.6 Å². The number of esters is 4. The molecular weight excluding hydrogens is 1190 g/mol. The molecule has 0 spiro atoms. The van der Waals surface area contributed by atoms with Crippen molar-refractivity contribution in [1.82, 2.24) is 0 Å². The Balaban J connectivity index is 5.19. The van der Waals surface area contributed by atoms with Gasteiger partial charge in [-0.15, -0.1) is 0 Å². The highest BCUT2D eigenvalue weighted by Gasteiger charge is 2.30. The number of aliphatic hydroxyl groups excluding tert-OH is 1. The first-order valence-corrected chi connectivity index (χ1v) is 40.0. The van der Waals surface area contributed by atoms with E-state index in [4.69, 9.17) is 37.0 Å². The van der Waals surface area contributed by atoms with Gasteiger partial charge in [-0.25, -0.2) is 9.13 Å². The Labute approximate surface area is 549 Å². The van der Waals surface area contributed by atoms with Gasteiger partial charge in [0.15, 0.2) is 12.2 Å². The molecule has 0 rings (SSSR count). The molecule has 0 fully saturated rings. The standard InChI is InChI=1S/C71H138O17P2/c1-7-9-11-13-15-17-30-37-43-49-55-70(75)87-66(59-81-68(73)53-47-41-35-16-14-12-10-8-2)61-85-89(77,78)83-57-65(72)58-84-90(79,80)86-62-67(60-82-69(74)54-48-42-36-31-27-26-29-34-40-46-52-64(5)6)88-71(76)56-50-44-38-32-25-23-21-19-18-20-22-24-28-33-39-45-51-63(3)4/h63-67,72H,7-62H2,1-6H3,(H,77,78)(H,79,80)/t65-,66+,67+/m0/s1. The van der Waals surface area contributed by atoms with E-state index in [1.807, 2.05) is 0 Å². The van der Waals surface area contributed by atoms with E-state index < -0.39 is 97.5 Å². The van der Waals surface area contributed by atoms with Crippen LogP contribution in [0.4, 0.5) is 0 Å². The fourth-order valence-corrected chi connectivity index (χ4v) is 12.3. The van der Waals surface area contributed by atoms with Crippen LogP contribution in [0.15, 0.2) is 0 Å². The third kappa shape index (κ3) is 64.8. The number of rotatable bonds is 70. The molecule has 0 aliphatic heterocycles. The zero-order valence-electron chi connectivity index (χ0n) is 58.4. The summed E-state index contributed by atoms with van der Waals surface area (Å²) in [5, 5.41) is 10.6. The van der Waals surface area contributed by atoms with Crippen molar-refractivity contribution in [2.24, 2.45) is 11.8 Å². The van der Waals surface area contributed by atoms with Gasteiger partial charge < -0.3 is 33.8 Å². The lowest BCUT2D eigenvalue weighted by molar-refractivity contribution is -0.161. The van der Waals surface area contributed by atoms with E-state index in [0.717, 1.165) is 108 Å². The molecule has 0 saturated carbocycles. The second-order valence-corrected chi connectivity index (χ2v) is 29.5. The molecule has 19 heteroatoms. The molecule has 0 aromatic heterocycles. The molecule has 0 aromatic carbocycles. The number of unbranched alkanes of at least 4 members (excludes halogenated alkanes) is 40. The SMILES string of the molecule is CCCCCCCCCCCCC(=O)O[C@H](COC(=O)CCCCCCCCCC)COP(=O)(O)OC[C@H](O)COP(=O)(O)OC[C@@H](COC(=O)CCCCCCCCCCCCC(C)C)OC(=O)CCCCCCCCCCCCCCCCCCC(C)C. The summed E-state index contributed by atoms with van der Waals surface area (Å²) in [6.45, 7) is 9.55. The van der Waals surface area contributed by atoms with Gasteiger partial charge in [-0.1, -0.05) is 311 Å². The Bertz CT molecular complexity index is 1750. The van der Waals surface area contributed by atoms with Crippen molar-refractivity contribution in [2.75, 3.05) is 39.6 Å². The highest BCUT2D eigenvalue weighted by Crippen LogP contribution is 2.45. The molecule has 2 unspecified atom stereocenters. The number of phosphoric acid groups is 2. The van der Waals surface area contributed by atoms with E-state index in [-0.39, 0.29) is 25.7 Å². The highest BCUT2D eigenvalue weighted by molar-refractivity contribution is 7.47. The minimum atomic E-state index is -4.95. The summed E-state index contributed by atoms with van der Waals surface area (Å²) in [4.78, 5) is 72.4. The zero-order valence-corrected chi connectivity index (χ0v) is 60.2. The van der Waals surface area contributed by atoms with E-state index in [1.54, 1.807) is 0 Å². The lowest BCUT2D eigenvalue weighted by Crippen LogP contribution is -2.30. The van der Waals surface area contributed by atoms with E-state index in [9.17, 15) is 43.2 Å². The van der Waals surface area contributed by atoms with Crippen LogP contribution < -0.4 is 0 Å². The molecule has 17 nitrogen and oxygen atoms in total. The van der Waals surface area contributed by atoms with Crippen LogP contribution in [0.2, 0.25) is 0 Å². The van der Waals surface area contributed by atoms with Crippen LogP contribution in [-0.2, 0) is 65.4 Å². The first-order chi connectivity index (χ1) is 43.4. The molecule has 0 amide bonds. The van der Waals surface area contributed by atoms with Gasteiger partial charge in [0, 0.05) is 25.7 Å². The highest BCUT2D eigenvalue weighted by atomic mass is 31.2. The maximum atomic E-state index is 13.0. The molecule has 0 aliphatic rings. The summed E-state index contributed by atoms with van der Waals surface area (Å²) >= 11 is 0.